The Kier molecular flexibility index (Phi) is 7.06. The molecular formula is C24H27N5O3. The first-order valence-corrected chi connectivity index (χ1v) is 10.7. The normalized spacial score (nSPS) is 15.4. The van der Waals surface area contributed by atoms with E-state index in [2.05, 4.69) is 27.3 Å². The molecule has 0 bridgehead atoms. The molecule has 0 fully saturated rings. The molecule has 1 unspecified atom stereocenters. The third-order valence-electron chi connectivity index (χ3n) is 5.80. The zero-order chi connectivity index (χ0) is 22.3. The third-order valence-corrected chi connectivity index (χ3v) is 5.80. The molecule has 1 heterocycles. The number of nitrogens with zero attached hydrogens (tertiary/aromatic N) is 4. The lowest BCUT2D eigenvalue weighted by molar-refractivity contribution is -0.124. The summed E-state index contributed by atoms with van der Waals surface area (Å²) in [5.74, 6) is -0.555. The predicted molar refractivity (Wildman–Crippen MR) is 121 cm³/mol. The highest BCUT2D eigenvalue weighted by Gasteiger charge is 2.27. The maximum absolute atomic E-state index is 11.2. The second-order valence-corrected chi connectivity index (χ2v) is 7.81. The lowest BCUT2D eigenvalue weighted by atomic mass is 10.0. The number of aliphatic hydroxyl groups excluding tert-OH is 1. The Labute approximate surface area is 186 Å². The topological polar surface area (TPSA) is 104 Å². The highest BCUT2D eigenvalue weighted by Crippen LogP contribution is 2.36. The van der Waals surface area contributed by atoms with Crippen molar-refractivity contribution < 1.29 is 15.1 Å². The molecule has 1 amide bonds. The van der Waals surface area contributed by atoms with Gasteiger partial charge in [0.05, 0.1) is 19.3 Å². The number of fused-ring (bicyclic) bond motifs is 1. The monoisotopic (exact) mass is 433 g/mol. The highest BCUT2D eigenvalue weighted by molar-refractivity contribution is 5.90. The molecule has 0 aliphatic heterocycles. The summed E-state index contributed by atoms with van der Waals surface area (Å²) in [7, 11) is 0. The van der Waals surface area contributed by atoms with Gasteiger partial charge in [0, 0.05) is 30.8 Å². The van der Waals surface area contributed by atoms with E-state index in [-0.39, 0.29) is 12.6 Å². The summed E-state index contributed by atoms with van der Waals surface area (Å²) in [5.41, 5.74) is 6.90. The van der Waals surface area contributed by atoms with Crippen LogP contribution in [0.5, 0.6) is 0 Å². The van der Waals surface area contributed by atoms with Crippen LogP contribution in [0.15, 0.2) is 60.8 Å². The van der Waals surface area contributed by atoms with E-state index in [0.717, 1.165) is 36.2 Å². The standard InChI is InChI=1S/C24H27N5O3/c30-15-14-28(12-13-29-17-22(25-27-29)19-4-2-1-3-5-19)23-10-8-20-16-18(6-9-21(20)23)7-11-24(31)26-32/h1-7,9,11,16-17,23,30,32H,8,10,12-15H2,(H,26,31)/b11-7+. The van der Waals surface area contributed by atoms with Crippen LogP contribution in [-0.2, 0) is 17.8 Å². The Bertz CT molecular complexity index is 1080. The molecule has 2 aromatic carbocycles. The van der Waals surface area contributed by atoms with E-state index < -0.39 is 5.91 Å². The number of nitrogens with one attached hydrogen (secondary N) is 1. The van der Waals surface area contributed by atoms with Gasteiger partial charge < -0.3 is 5.11 Å². The average Bonchev–Trinajstić information content (AvgIpc) is 3.48. The molecule has 4 rings (SSSR count). The van der Waals surface area contributed by atoms with E-state index >= 15 is 0 Å². The summed E-state index contributed by atoms with van der Waals surface area (Å²) in [6.45, 7) is 2.11. The van der Waals surface area contributed by atoms with E-state index in [9.17, 15) is 9.90 Å². The van der Waals surface area contributed by atoms with Crippen LogP contribution in [0.4, 0.5) is 0 Å². The van der Waals surface area contributed by atoms with Crippen molar-refractivity contribution in [2.45, 2.75) is 25.4 Å². The highest BCUT2D eigenvalue weighted by atomic mass is 16.5. The van der Waals surface area contributed by atoms with Crippen LogP contribution < -0.4 is 5.48 Å². The van der Waals surface area contributed by atoms with Gasteiger partial charge in [-0.05, 0) is 35.6 Å². The van der Waals surface area contributed by atoms with Gasteiger partial charge in [-0.25, -0.2) is 5.48 Å². The zero-order valence-electron chi connectivity index (χ0n) is 17.8. The van der Waals surface area contributed by atoms with E-state index in [1.165, 1.54) is 17.2 Å². The first-order chi connectivity index (χ1) is 15.7. The van der Waals surface area contributed by atoms with Crippen molar-refractivity contribution in [3.05, 3.63) is 77.5 Å². The quantitative estimate of drug-likeness (QED) is 0.272. The van der Waals surface area contributed by atoms with E-state index in [1.807, 2.05) is 47.3 Å². The van der Waals surface area contributed by atoms with Gasteiger partial charge in [-0.3, -0.25) is 19.6 Å². The van der Waals surface area contributed by atoms with Gasteiger partial charge in [-0.1, -0.05) is 53.7 Å². The van der Waals surface area contributed by atoms with Gasteiger partial charge in [-0.2, -0.15) is 0 Å². The molecule has 166 valence electrons. The van der Waals surface area contributed by atoms with E-state index in [4.69, 9.17) is 5.21 Å². The first kappa shape index (κ1) is 21.9. The molecule has 1 aliphatic rings. The summed E-state index contributed by atoms with van der Waals surface area (Å²) in [6, 6.07) is 16.4. The van der Waals surface area contributed by atoms with Crippen molar-refractivity contribution in [1.82, 2.24) is 25.4 Å². The molecule has 1 aromatic heterocycles. The molecule has 3 N–H and O–H groups in total. The van der Waals surface area contributed by atoms with Gasteiger partial charge in [0.15, 0.2) is 0 Å². The lowest BCUT2D eigenvalue weighted by Gasteiger charge is -2.29. The summed E-state index contributed by atoms with van der Waals surface area (Å²) < 4.78 is 1.85. The number of amides is 1. The molecule has 1 aliphatic carbocycles. The maximum Gasteiger partial charge on any atom is 0.267 e. The Morgan fingerprint density at radius 1 is 1.22 bits per heavy atom. The Morgan fingerprint density at radius 2 is 2.06 bits per heavy atom. The molecule has 8 nitrogen and oxygen atoms in total. The van der Waals surface area contributed by atoms with Gasteiger partial charge >= 0.3 is 0 Å². The number of aliphatic hydroxyl groups is 1. The van der Waals surface area contributed by atoms with Crippen LogP contribution >= 0.6 is 0 Å². The van der Waals surface area contributed by atoms with Crippen molar-refractivity contribution in [3.63, 3.8) is 0 Å². The van der Waals surface area contributed by atoms with Crippen LogP contribution in [0, 0.1) is 0 Å². The van der Waals surface area contributed by atoms with Crippen LogP contribution in [0.3, 0.4) is 0 Å². The number of rotatable bonds is 9. The second-order valence-electron chi connectivity index (χ2n) is 7.81. The second kappa shape index (κ2) is 10.3. The average molecular weight is 434 g/mol. The largest absolute Gasteiger partial charge is 0.395 e. The Morgan fingerprint density at radius 3 is 2.84 bits per heavy atom. The zero-order valence-corrected chi connectivity index (χ0v) is 17.8. The number of benzene rings is 2. The van der Waals surface area contributed by atoms with E-state index in [0.29, 0.717) is 13.1 Å². The minimum absolute atomic E-state index is 0.0928. The fraction of sp³-hybridized carbons (Fsp3) is 0.292. The number of hydrogen-bond acceptors (Lipinski definition) is 6. The van der Waals surface area contributed by atoms with Crippen molar-refractivity contribution in [2.75, 3.05) is 19.7 Å². The van der Waals surface area contributed by atoms with Crippen molar-refractivity contribution in [3.8, 4) is 11.3 Å². The van der Waals surface area contributed by atoms with Crippen molar-refractivity contribution >= 4 is 12.0 Å². The number of aryl methyl sites for hydroxylation is 1. The minimum atomic E-state index is -0.555. The molecular weight excluding hydrogens is 406 g/mol. The number of carbonyl (C=O) groups excluding carboxylic acids is 1. The number of carbonyl (C=O) groups is 1. The number of hydrogen-bond donors (Lipinski definition) is 3. The van der Waals surface area contributed by atoms with Crippen LogP contribution in [0.1, 0.15) is 29.2 Å². The lowest BCUT2D eigenvalue weighted by Crippen LogP contribution is -2.33. The van der Waals surface area contributed by atoms with Crippen LogP contribution in [-0.4, -0.2) is 55.8 Å². The maximum atomic E-state index is 11.2. The predicted octanol–water partition coefficient (Wildman–Crippen LogP) is 2.45. The van der Waals surface area contributed by atoms with Crippen LogP contribution in [0.25, 0.3) is 17.3 Å². The fourth-order valence-electron chi connectivity index (χ4n) is 4.24. The molecule has 1 atom stereocenters. The Balaban J connectivity index is 1.43. The van der Waals surface area contributed by atoms with Crippen molar-refractivity contribution in [2.24, 2.45) is 0 Å². The van der Waals surface area contributed by atoms with Crippen LogP contribution in [0.2, 0.25) is 0 Å². The summed E-state index contributed by atoms with van der Waals surface area (Å²) >= 11 is 0. The van der Waals surface area contributed by atoms with Gasteiger partial charge in [-0.15, -0.1) is 5.10 Å². The summed E-state index contributed by atoms with van der Waals surface area (Å²) in [5, 5.41) is 26.8. The summed E-state index contributed by atoms with van der Waals surface area (Å²) in [6.07, 6.45) is 6.85. The first-order valence-electron chi connectivity index (χ1n) is 10.7. The number of aromatic nitrogens is 3. The molecule has 32 heavy (non-hydrogen) atoms. The molecule has 0 radical (unpaired) electrons. The number of hydroxylamine groups is 1. The van der Waals surface area contributed by atoms with Gasteiger partial charge in [0.1, 0.15) is 5.69 Å². The third kappa shape index (κ3) is 5.11. The molecule has 8 heteroatoms. The molecule has 0 saturated heterocycles. The fourth-order valence-corrected chi connectivity index (χ4v) is 4.24. The Hall–Kier alpha value is -3.33. The summed E-state index contributed by atoms with van der Waals surface area (Å²) in [4.78, 5) is 13.5. The molecule has 0 saturated carbocycles. The molecule has 0 spiro atoms. The van der Waals surface area contributed by atoms with E-state index in [1.54, 1.807) is 11.6 Å². The van der Waals surface area contributed by atoms with Gasteiger partial charge in [0.25, 0.3) is 5.91 Å². The van der Waals surface area contributed by atoms with Crippen molar-refractivity contribution in [1.29, 1.82) is 0 Å². The smallest absolute Gasteiger partial charge is 0.267 e. The molecule has 3 aromatic rings. The SMILES string of the molecule is O=C(/C=C/c1ccc2c(c1)CCC2N(CCO)CCn1cc(-c2ccccc2)nn1)NO. The van der Waals surface area contributed by atoms with Gasteiger partial charge in [0.2, 0.25) is 0 Å². The minimum Gasteiger partial charge on any atom is -0.395 e.